The number of halogens is 1. The van der Waals surface area contributed by atoms with Gasteiger partial charge in [-0.05, 0) is 42.9 Å². The Morgan fingerprint density at radius 3 is 3.00 bits per heavy atom. The zero-order valence-electron chi connectivity index (χ0n) is 10.2. The average Bonchev–Trinajstić information content (AvgIpc) is 2.36. The molecule has 1 nitrogen and oxygen atoms in total. The topological polar surface area (TPSA) is 3.24 Å². The van der Waals surface area contributed by atoms with Gasteiger partial charge in [0.15, 0.2) is 0 Å². The van der Waals surface area contributed by atoms with E-state index in [2.05, 4.69) is 45.1 Å². The molecule has 1 aliphatic carbocycles. The maximum Gasteiger partial charge on any atom is 0.00718 e. The molecule has 92 valence electrons. The molecule has 1 fully saturated rings. The Morgan fingerprint density at radius 1 is 1.29 bits per heavy atom. The Kier molecular flexibility index (Phi) is 3.53. The lowest BCUT2D eigenvalue weighted by Crippen LogP contribution is -2.40. The molecule has 2 heteroatoms. The largest absolute Gasteiger partial charge is 0.302 e. The minimum absolute atomic E-state index is 0.806. The van der Waals surface area contributed by atoms with Crippen LogP contribution in [0.15, 0.2) is 24.3 Å². The van der Waals surface area contributed by atoms with E-state index in [0.717, 1.165) is 11.8 Å². The number of rotatable bonds is 3. The number of piperidine rings is 1. The Labute approximate surface area is 112 Å². The predicted octanol–water partition coefficient (Wildman–Crippen LogP) is 3.43. The molecule has 0 spiro atoms. The molecule has 0 radical (unpaired) electrons. The van der Waals surface area contributed by atoms with Crippen LogP contribution in [0.3, 0.4) is 0 Å². The quantitative estimate of drug-likeness (QED) is 0.772. The third kappa shape index (κ3) is 2.43. The normalized spacial score (nSPS) is 28.5. The molecule has 2 atom stereocenters. The van der Waals surface area contributed by atoms with E-state index < -0.39 is 0 Å². The highest BCUT2D eigenvalue weighted by atomic mass is 79.9. The first kappa shape index (κ1) is 11.7. The second kappa shape index (κ2) is 5.11. The summed E-state index contributed by atoms with van der Waals surface area (Å²) in [6, 6.07) is 8.94. The van der Waals surface area contributed by atoms with Crippen molar-refractivity contribution < 1.29 is 0 Å². The minimum Gasteiger partial charge on any atom is -0.302 e. The van der Waals surface area contributed by atoms with E-state index in [4.69, 9.17) is 0 Å². The third-order valence-corrected chi connectivity index (χ3v) is 5.18. The van der Waals surface area contributed by atoms with Gasteiger partial charge in [-0.2, -0.15) is 0 Å². The van der Waals surface area contributed by atoms with Crippen molar-refractivity contribution in [2.24, 2.45) is 5.92 Å². The molecule has 1 aromatic carbocycles. The molecular formula is C15H20BrN. The maximum absolute atomic E-state index is 3.63. The molecule has 0 bridgehead atoms. The molecule has 3 rings (SSSR count). The summed E-state index contributed by atoms with van der Waals surface area (Å²) in [5.41, 5.74) is 3.18. The predicted molar refractivity (Wildman–Crippen MR) is 75.8 cm³/mol. The summed E-state index contributed by atoms with van der Waals surface area (Å²) in [7, 11) is 0. The van der Waals surface area contributed by atoms with Gasteiger partial charge >= 0.3 is 0 Å². The Morgan fingerprint density at radius 2 is 2.18 bits per heavy atom. The number of hydrogen-bond acceptors (Lipinski definition) is 1. The van der Waals surface area contributed by atoms with Crippen LogP contribution in [0.25, 0.3) is 0 Å². The first-order valence-corrected chi connectivity index (χ1v) is 7.85. The lowest BCUT2D eigenvalue weighted by molar-refractivity contribution is 0.172. The Hall–Kier alpha value is -0.340. The summed E-state index contributed by atoms with van der Waals surface area (Å²) >= 11 is 3.63. The second-order valence-corrected chi connectivity index (χ2v) is 6.17. The van der Waals surface area contributed by atoms with Gasteiger partial charge < -0.3 is 4.90 Å². The van der Waals surface area contributed by atoms with E-state index >= 15 is 0 Å². The number of hydrogen-bond donors (Lipinski definition) is 0. The van der Waals surface area contributed by atoms with E-state index in [1.807, 2.05) is 0 Å². The lowest BCUT2D eigenvalue weighted by atomic mass is 9.77. The van der Waals surface area contributed by atoms with Gasteiger partial charge in [0.25, 0.3) is 0 Å². The molecular weight excluding hydrogens is 274 g/mol. The maximum atomic E-state index is 3.63. The third-order valence-electron chi connectivity index (χ3n) is 4.26. The number of benzene rings is 1. The lowest BCUT2D eigenvalue weighted by Gasteiger charge is -2.38. The van der Waals surface area contributed by atoms with Crippen LogP contribution in [-0.4, -0.2) is 29.9 Å². The monoisotopic (exact) mass is 293 g/mol. The molecule has 0 aromatic heterocycles. The van der Waals surface area contributed by atoms with Crippen molar-refractivity contribution in [2.45, 2.75) is 25.2 Å². The Balaban J connectivity index is 1.59. The molecule has 17 heavy (non-hydrogen) atoms. The molecule has 1 heterocycles. The summed E-state index contributed by atoms with van der Waals surface area (Å²) in [5, 5.41) is 1.17. The minimum atomic E-state index is 0.806. The molecule has 0 N–H and O–H groups in total. The zero-order valence-corrected chi connectivity index (χ0v) is 11.8. The fraction of sp³-hybridized carbons (Fsp3) is 0.600. The van der Waals surface area contributed by atoms with Crippen LogP contribution >= 0.6 is 15.9 Å². The molecule has 0 amide bonds. The Bertz CT molecular complexity index is 390. The molecule has 2 unspecified atom stereocenters. The number of fused-ring (bicyclic) bond motifs is 1. The fourth-order valence-electron chi connectivity index (χ4n) is 3.28. The van der Waals surface area contributed by atoms with Gasteiger partial charge in [0.2, 0.25) is 0 Å². The van der Waals surface area contributed by atoms with Crippen molar-refractivity contribution in [1.82, 2.24) is 4.90 Å². The molecule has 1 aliphatic heterocycles. The summed E-state index contributed by atoms with van der Waals surface area (Å²) in [4.78, 5) is 2.68. The number of alkyl halides is 1. The molecule has 0 saturated carbocycles. The van der Waals surface area contributed by atoms with Crippen LogP contribution in [0.1, 0.15) is 29.9 Å². The van der Waals surface area contributed by atoms with Crippen LogP contribution in [0, 0.1) is 5.92 Å². The highest BCUT2D eigenvalue weighted by molar-refractivity contribution is 9.09. The standard InChI is InChI=1S/C15H20BrN/c16-9-12-4-3-7-17(10-12)11-14-8-13-5-1-2-6-15(13)14/h1-2,5-6,12,14H,3-4,7-11H2. The van der Waals surface area contributed by atoms with Crippen molar-refractivity contribution in [2.75, 3.05) is 25.0 Å². The second-order valence-electron chi connectivity index (χ2n) is 5.52. The molecule has 1 saturated heterocycles. The smallest absolute Gasteiger partial charge is 0.00718 e. The van der Waals surface area contributed by atoms with E-state index in [9.17, 15) is 0 Å². The van der Waals surface area contributed by atoms with Crippen molar-refractivity contribution in [3.63, 3.8) is 0 Å². The van der Waals surface area contributed by atoms with Gasteiger partial charge in [0.05, 0.1) is 0 Å². The fourth-order valence-corrected chi connectivity index (χ4v) is 3.81. The van der Waals surface area contributed by atoms with Gasteiger partial charge in [-0.3, -0.25) is 0 Å². The summed E-state index contributed by atoms with van der Waals surface area (Å²) in [5.74, 6) is 1.68. The first-order chi connectivity index (χ1) is 8.36. The summed E-state index contributed by atoms with van der Waals surface area (Å²) in [6.45, 7) is 3.88. The van der Waals surface area contributed by atoms with E-state index in [-0.39, 0.29) is 0 Å². The van der Waals surface area contributed by atoms with E-state index in [1.165, 1.54) is 44.2 Å². The van der Waals surface area contributed by atoms with Gasteiger partial charge in [-0.1, -0.05) is 40.2 Å². The number of nitrogens with zero attached hydrogens (tertiary/aromatic N) is 1. The van der Waals surface area contributed by atoms with Gasteiger partial charge in [-0.25, -0.2) is 0 Å². The van der Waals surface area contributed by atoms with Crippen molar-refractivity contribution in [1.29, 1.82) is 0 Å². The zero-order chi connectivity index (χ0) is 11.7. The van der Waals surface area contributed by atoms with Gasteiger partial charge in [0, 0.05) is 24.3 Å². The van der Waals surface area contributed by atoms with Crippen LogP contribution < -0.4 is 0 Å². The van der Waals surface area contributed by atoms with E-state index in [1.54, 1.807) is 11.1 Å². The highest BCUT2D eigenvalue weighted by Gasteiger charge is 2.29. The van der Waals surface area contributed by atoms with Gasteiger partial charge in [-0.15, -0.1) is 0 Å². The van der Waals surface area contributed by atoms with Crippen LogP contribution in [0.5, 0.6) is 0 Å². The number of likely N-dealkylation sites (tertiary alicyclic amines) is 1. The van der Waals surface area contributed by atoms with Crippen molar-refractivity contribution in [3.8, 4) is 0 Å². The average molecular weight is 294 g/mol. The summed E-state index contributed by atoms with van der Waals surface area (Å²) < 4.78 is 0. The van der Waals surface area contributed by atoms with Crippen LogP contribution in [0.2, 0.25) is 0 Å². The van der Waals surface area contributed by atoms with Crippen LogP contribution in [0.4, 0.5) is 0 Å². The van der Waals surface area contributed by atoms with E-state index in [0.29, 0.717) is 0 Å². The first-order valence-electron chi connectivity index (χ1n) is 6.73. The molecule has 1 aromatic rings. The SMILES string of the molecule is BrCC1CCCN(CC2Cc3ccccc32)C1. The summed E-state index contributed by atoms with van der Waals surface area (Å²) in [6.07, 6.45) is 4.08. The highest BCUT2D eigenvalue weighted by Crippen LogP contribution is 2.36. The van der Waals surface area contributed by atoms with Crippen molar-refractivity contribution >= 4 is 15.9 Å². The van der Waals surface area contributed by atoms with Crippen LogP contribution in [-0.2, 0) is 6.42 Å². The van der Waals surface area contributed by atoms with Crippen molar-refractivity contribution in [3.05, 3.63) is 35.4 Å². The molecule has 2 aliphatic rings. The van der Waals surface area contributed by atoms with Gasteiger partial charge in [0.1, 0.15) is 0 Å².